The Hall–Kier alpha value is -3.42. The van der Waals surface area contributed by atoms with E-state index in [1.54, 1.807) is 0 Å². The number of carbonyl (C=O) groups is 2. The number of para-hydroxylation sites is 1. The summed E-state index contributed by atoms with van der Waals surface area (Å²) < 4.78 is 0. The molecule has 174 valence electrons. The molecule has 2 amide bonds. The molecule has 4 rings (SSSR count). The van der Waals surface area contributed by atoms with E-state index in [2.05, 4.69) is 34.0 Å². The van der Waals surface area contributed by atoms with Crippen LogP contribution in [0.1, 0.15) is 43.8 Å². The van der Waals surface area contributed by atoms with Gasteiger partial charge in [0, 0.05) is 74.3 Å². The first kappa shape index (κ1) is 22.8. The Morgan fingerprint density at radius 3 is 2.55 bits per heavy atom. The molecule has 8 heteroatoms. The van der Waals surface area contributed by atoms with Gasteiger partial charge in [0.2, 0.25) is 11.8 Å². The van der Waals surface area contributed by atoms with Crippen molar-refractivity contribution < 1.29 is 9.59 Å². The zero-order valence-electron chi connectivity index (χ0n) is 19.8. The van der Waals surface area contributed by atoms with Gasteiger partial charge in [0.15, 0.2) is 0 Å². The quantitative estimate of drug-likeness (QED) is 0.605. The van der Waals surface area contributed by atoms with E-state index in [1.165, 1.54) is 6.92 Å². The van der Waals surface area contributed by atoms with Crippen molar-refractivity contribution in [2.24, 2.45) is 0 Å². The molecule has 1 aromatic carbocycles. The van der Waals surface area contributed by atoms with Crippen LogP contribution in [-0.2, 0) is 16.0 Å². The van der Waals surface area contributed by atoms with Crippen molar-refractivity contribution >= 4 is 28.5 Å². The predicted octanol–water partition coefficient (Wildman–Crippen LogP) is 2.79. The van der Waals surface area contributed by atoms with E-state index in [9.17, 15) is 9.59 Å². The Morgan fingerprint density at radius 1 is 1.12 bits per heavy atom. The second kappa shape index (κ2) is 9.60. The third-order valence-corrected chi connectivity index (χ3v) is 6.06. The highest BCUT2D eigenvalue weighted by Crippen LogP contribution is 2.21. The summed E-state index contributed by atoms with van der Waals surface area (Å²) >= 11 is 0. The number of hydrogen-bond donors (Lipinski definition) is 2. The fourth-order valence-electron chi connectivity index (χ4n) is 4.34. The number of aryl methyl sites for hydroxylation is 1. The standard InChI is InChI=1S/C25H32N6O2/c1-16(2)24-27-17(3)13-23(29-24)30-9-11-31(12-10-30)25(33)22(28-18(4)32)14-19-15-26-21-8-6-5-7-20(19)21/h5-8,13,15-16,22,26H,9-12,14H2,1-4H3,(H,28,32)/t22-/m0/s1. The SMILES string of the molecule is CC(=O)N[C@@H](Cc1c[nH]c2ccccc12)C(=O)N1CCN(c2cc(C)nc(C(C)C)n2)CC1. The molecule has 2 aromatic heterocycles. The maximum absolute atomic E-state index is 13.4. The molecule has 2 N–H and O–H groups in total. The van der Waals surface area contributed by atoms with Crippen molar-refractivity contribution in [3.05, 3.63) is 53.6 Å². The fraction of sp³-hybridized carbons (Fsp3) is 0.440. The smallest absolute Gasteiger partial charge is 0.245 e. The zero-order chi connectivity index (χ0) is 23.5. The van der Waals surface area contributed by atoms with Gasteiger partial charge in [-0.25, -0.2) is 9.97 Å². The number of nitrogens with one attached hydrogen (secondary N) is 2. The summed E-state index contributed by atoms with van der Waals surface area (Å²) in [5, 5.41) is 3.95. The maximum atomic E-state index is 13.4. The lowest BCUT2D eigenvalue weighted by Gasteiger charge is -2.37. The third-order valence-electron chi connectivity index (χ3n) is 6.06. The lowest BCUT2D eigenvalue weighted by Crippen LogP contribution is -2.55. The maximum Gasteiger partial charge on any atom is 0.245 e. The lowest BCUT2D eigenvalue weighted by molar-refractivity contribution is -0.136. The van der Waals surface area contributed by atoms with E-state index >= 15 is 0 Å². The average molecular weight is 449 g/mol. The molecule has 1 aliphatic rings. The second-order valence-electron chi connectivity index (χ2n) is 9.01. The Morgan fingerprint density at radius 2 is 1.85 bits per heavy atom. The van der Waals surface area contributed by atoms with Gasteiger partial charge in [-0.05, 0) is 18.6 Å². The summed E-state index contributed by atoms with van der Waals surface area (Å²) in [5.74, 6) is 1.76. The summed E-state index contributed by atoms with van der Waals surface area (Å²) in [4.78, 5) is 41.8. The van der Waals surface area contributed by atoms with Crippen LogP contribution in [0.25, 0.3) is 10.9 Å². The molecule has 1 fully saturated rings. The predicted molar refractivity (Wildman–Crippen MR) is 129 cm³/mol. The van der Waals surface area contributed by atoms with E-state index in [0.717, 1.165) is 33.8 Å². The Bertz CT molecular complexity index is 1150. The van der Waals surface area contributed by atoms with Gasteiger partial charge in [-0.1, -0.05) is 32.0 Å². The van der Waals surface area contributed by atoms with Crippen LogP contribution in [0.4, 0.5) is 5.82 Å². The topological polar surface area (TPSA) is 94.2 Å². The van der Waals surface area contributed by atoms with Crippen molar-refractivity contribution in [2.45, 2.75) is 46.1 Å². The van der Waals surface area contributed by atoms with Gasteiger partial charge in [-0.3, -0.25) is 9.59 Å². The molecule has 1 saturated heterocycles. The number of rotatable bonds is 6. The highest BCUT2D eigenvalue weighted by atomic mass is 16.2. The number of nitrogens with zero attached hydrogens (tertiary/aromatic N) is 4. The van der Waals surface area contributed by atoms with Crippen molar-refractivity contribution in [3.8, 4) is 0 Å². The van der Waals surface area contributed by atoms with Crippen molar-refractivity contribution in [1.82, 2.24) is 25.2 Å². The average Bonchev–Trinajstić information content (AvgIpc) is 3.20. The minimum absolute atomic E-state index is 0.0446. The fourth-order valence-corrected chi connectivity index (χ4v) is 4.34. The number of fused-ring (bicyclic) bond motifs is 1. The van der Waals surface area contributed by atoms with Crippen molar-refractivity contribution in [3.63, 3.8) is 0 Å². The number of hydrogen-bond acceptors (Lipinski definition) is 5. The molecule has 0 unspecified atom stereocenters. The minimum atomic E-state index is -0.595. The van der Waals surface area contributed by atoms with Crippen molar-refractivity contribution in [1.29, 1.82) is 0 Å². The minimum Gasteiger partial charge on any atom is -0.361 e. The molecule has 8 nitrogen and oxygen atoms in total. The molecular formula is C25H32N6O2. The van der Waals surface area contributed by atoms with Crippen LogP contribution >= 0.6 is 0 Å². The Balaban J connectivity index is 1.46. The van der Waals surface area contributed by atoms with Crippen LogP contribution in [-0.4, -0.2) is 63.9 Å². The molecule has 3 heterocycles. The largest absolute Gasteiger partial charge is 0.361 e. The van der Waals surface area contributed by atoms with Gasteiger partial charge >= 0.3 is 0 Å². The number of amides is 2. The Labute approximate surface area is 194 Å². The van der Waals surface area contributed by atoms with Gasteiger partial charge in [-0.15, -0.1) is 0 Å². The molecule has 0 spiro atoms. The zero-order valence-corrected chi connectivity index (χ0v) is 19.8. The number of carbonyl (C=O) groups excluding carboxylic acids is 2. The van der Waals surface area contributed by atoms with Crippen molar-refractivity contribution in [2.75, 3.05) is 31.1 Å². The highest BCUT2D eigenvalue weighted by Gasteiger charge is 2.29. The first-order valence-electron chi connectivity index (χ1n) is 11.5. The summed E-state index contributed by atoms with van der Waals surface area (Å²) in [6.45, 7) is 10.2. The van der Waals surface area contributed by atoms with Gasteiger partial charge in [0.25, 0.3) is 0 Å². The van der Waals surface area contributed by atoms with E-state index in [1.807, 2.05) is 48.4 Å². The summed E-state index contributed by atoms with van der Waals surface area (Å²) in [6.07, 6.45) is 2.37. The number of aromatic amines is 1. The third kappa shape index (κ3) is 5.16. The van der Waals surface area contributed by atoms with E-state index < -0.39 is 6.04 Å². The molecule has 0 saturated carbocycles. The van der Waals surface area contributed by atoms with Gasteiger partial charge in [0.05, 0.1) is 0 Å². The normalized spacial score (nSPS) is 15.2. The second-order valence-corrected chi connectivity index (χ2v) is 9.01. The summed E-state index contributed by atoms with van der Waals surface area (Å²) in [6, 6.07) is 9.40. The van der Waals surface area contributed by atoms with Gasteiger partial charge < -0.3 is 20.1 Å². The number of benzene rings is 1. The number of anilines is 1. The molecule has 1 aliphatic heterocycles. The molecule has 0 radical (unpaired) electrons. The number of piperazine rings is 1. The number of aromatic nitrogens is 3. The molecular weight excluding hydrogens is 416 g/mol. The van der Waals surface area contributed by atoms with Crippen LogP contribution in [0.2, 0.25) is 0 Å². The molecule has 33 heavy (non-hydrogen) atoms. The van der Waals surface area contributed by atoms with Crippen LogP contribution in [0.3, 0.4) is 0 Å². The first-order valence-corrected chi connectivity index (χ1v) is 11.5. The summed E-state index contributed by atoms with van der Waals surface area (Å²) in [7, 11) is 0. The van der Waals surface area contributed by atoms with Crippen LogP contribution in [0.15, 0.2) is 36.5 Å². The first-order chi connectivity index (χ1) is 15.8. The van der Waals surface area contributed by atoms with Gasteiger partial charge in [0.1, 0.15) is 17.7 Å². The molecule has 0 aliphatic carbocycles. The Kier molecular flexibility index (Phi) is 6.62. The van der Waals surface area contributed by atoms with Crippen LogP contribution < -0.4 is 10.2 Å². The van der Waals surface area contributed by atoms with E-state index in [-0.39, 0.29) is 17.7 Å². The molecule has 0 bridgehead atoms. The van der Waals surface area contributed by atoms with E-state index in [0.29, 0.717) is 32.6 Å². The molecule has 1 atom stereocenters. The lowest BCUT2D eigenvalue weighted by atomic mass is 10.0. The molecule has 3 aromatic rings. The monoisotopic (exact) mass is 448 g/mol. The van der Waals surface area contributed by atoms with E-state index in [4.69, 9.17) is 4.98 Å². The van der Waals surface area contributed by atoms with Crippen LogP contribution in [0.5, 0.6) is 0 Å². The highest BCUT2D eigenvalue weighted by molar-refractivity contribution is 5.89. The summed E-state index contributed by atoms with van der Waals surface area (Å²) in [5.41, 5.74) is 3.00. The van der Waals surface area contributed by atoms with Crippen LogP contribution in [0, 0.1) is 6.92 Å². The number of H-pyrrole nitrogens is 1. The van der Waals surface area contributed by atoms with Gasteiger partial charge in [-0.2, -0.15) is 0 Å².